The number of halogens is 3. The lowest BCUT2D eigenvalue weighted by Crippen LogP contribution is -2.23. The van der Waals surface area contributed by atoms with Crippen LogP contribution in [0.2, 0.25) is 10.0 Å². The highest BCUT2D eigenvalue weighted by molar-refractivity contribution is 9.10. The Kier molecular flexibility index (Phi) is 5.70. The SMILES string of the molecule is NCc1c(Cl)ccc(S(=O)(=O)NCc2sccc2Br)c1Cl. The van der Waals surface area contributed by atoms with Gasteiger partial charge in [-0.3, -0.25) is 0 Å². The first-order chi connectivity index (χ1) is 9.86. The molecule has 0 spiro atoms. The Morgan fingerprint density at radius 2 is 2.00 bits per heavy atom. The summed E-state index contributed by atoms with van der Waals surface area (Å²) in [6, 6.07) is 4.71. The highest BCUT2D eigenvalue weighted by atomic mass is 79.9. The summed E-state index contributed by atoms with van der Waals surface area (Å²) in [6.07, 6.45) is 0. The molecule has 0 aliphatic rings. The minimum absolute atomic E-state index is 0.0262. The Morgan fingerprint density at radius 1 is 1.29 bits per heavy atom. The Bertz CT molecular complexity index is 763. The Morgan fingerprint density at radius 3 is 2.57 bits per heavy atom. The molecule has 0 amide bonds. The monoisotopic (exact) mass is 428 g/mol. The predicted octanol–water partition coefficient (Wildman–Crippen LogP) is 3.75. The summed E-state index contributed by atoms with van der Waals surface area (Å²) in [5, 5.41) is 2.28. The second-order valence-electron chi connectivity index (χ2n) is 4.06. The van der Waals surface area contributed by atoms with Gasteiger partial charge in [-0.2, -0.15) is 0 Å². The Labute approximate surface area is 145 Å². The van der Waals surface area contributed by atoms with Crippen molar-refractivity contribution in [2.45, 2.75) is 18.0 Å². The summed E-state index contributed by atoms with van der Waals surface area (Å²) in [4.78, 5) is 0.851. The van der Waals surface area contributed by atoms with Crippen molar-refractivity contribution >= 4 is 60.5 Å². The Hall–Kier alpha value is -0.150. The van der Waals surface area contributed by atoms with Gasteiger partial charge in [0, 0.05) is 33.0 Å². The van der Waals surface area contributed by atoms with Gasteiger partial charge in [0.1, 0.15) is 4.90 Å². The van der Waals surface area contributed by atoms with Crippen LogP contribution in [0.15, 0.2) is 32.9 Å². The molecule has 0 bridgehead atoms. The summed E-state index contributed by atoms with van der Waals surface area (Å²) in [5.41, 5.74) is 5.96. The molecule has 3 N–H and O–H groups in total. The number of hydrogen-bond acceptors (Lipinski definition) is 4. The molecule has 114 valence electrons. The van der Waals surface area contributed by atoms with Crippen molar-refractivity contribution < 1.29 is 8.42 Å². The van der Waals surface area contributed by atoms with Gasteiger partial charge in [-0.1, -0.05) is 23.2 Å². The van der Waals surface area contributed by atoms with E-state index < -0.39 is 10.0 Å². The Balaban J connectivity index is 2.30. The van der Waals surface area contributed by atoms with Crippen LogP contribution < -0.4 is 10.5 Å². The number of thiophene rings is 1. The molecular weight excluding hydrogens is 419 g/mol. The van der Waals surface area contributed by atoms with Crippen LogP contribution in [-0.2, 0) is 23.1 Å². The zero-order chi connectivity index (χ0) is 15.6. The van der Waals surface area contributed by atoms with E-state index in [4.69, 9.17) is 28.9 Å². The van der Waals surface area contributed by atoms with Gasteiger partial charge in [-0.25, -0.2) is 13.1 Å². The molecule has 9 heteroatoms. The number of sulfonamides is 1. The van der Waals surface area contributed by atoms with E-state index in [1.54, 1.807) is 0 Å². The zero-order valence-electron chi connectivity index (χ0n) is 10.6. The normalized spacial score (nSPS) is 11.8. The summed E-state index contributed by atoms with van der Waals surface area (Å²) in [7, 11) is -3.74. The fourth-order valence-electron chi connectivity index (χ4n) is 1.66. The lowest BCUT2D eigenvalue weighted by atomic mass is 10.2. The van der Waals surface area contributed by atoms with E-state index in [1.807, 2.05) is 11.4 Å². The van der Waals surface area contributed by atoms with Crippen LogP contribution in [0.3, 0.4) is 0 Å². The maximum Gasteiger partial charge on any atom is 0.242 e. The molecule has 0 aliphatic carbocycles. The van der Waals surface area contributed by atoms with Gasteiger partial charge in [0.15, 0.2) is 0 Å². The standard InChI is InChI=1S/C12H11BrCl2N2O2S2/c13-8-3-4-20-10(8)6-17-21(18,19)11-2-1-9(14)7(5-16)12(11)15/h1-4,17H,5-6,16H2. The molecule has 2 aromatic rings. The molecular formula is C12H11BrCl2N2O2S2. The quantitative estimate of drug-likeness (QED) is 0.759. The van der Waals surface area contributed by atoms with Crippen LogP contribution >= 0.6 is 50.5 Å². The van der Waals surface area contributed by atoms with Crippen molar-refractivity contribution in [1.82, 2.24) is 4.72 Å². The van der Waals surface area contributed by atoms with E-state index in [-0.39, 0.29) is 23.0 Å². The summed E-state index contributed by atoms with van der Waals surface area (Å²) >= 11 is 16.9. The maximum atomic E-state index is 12.3. The first-order valence-corrected chi connectivity index (χ1v) is 9.66. The average Bonchev–Trinajstić information content (AvgIpc) is 2.82. The van der Waals surface area contributed by atoms with Crippen molar-refractivity contribution in [3.05, 3.63) is 48.5 Å². The third kappa shape index (κ3) is 3.79. The second-order valence-corrected chi connectivity index (χ2v) is 8.43. The first-order valence-electron chi connectivity index (χ1n) is 5.75. The number of nitrogens with two attached hydrogens (primary N) is 1. The van der Waals surface area contributed by atoms with Crippen LogP contribution in [0, 0.1) is 0 Å². The molecule has 0 unspecified atom stereocenters. The molecule has 0 radical (unpaired) electrons. The van der Waals surface area contributed by atoms with Gasteiger partial charge in [0.05, 0.1) is 5.02 Å². The second kappa shape index (κ2) is 6.95. The van der Waals surface area contributed by atoms with Crippen LogP contribution in [0.4, 0.5) is 0 Å². The van der Waals surface area contributed by atoms with E-state index in [0.717, 1.165) is 9.35 Å². The van der Waals surface area contributed by atoms with Gasteiger partial charge in [-0.05, 0) is 39.5 Å². The molecule has 0 aliphatic heterocycles. The topological polar surface area (TPSA) is 72.2 Å². The van der Waals surface area contributed by atoms with E-state index in [0.29, 0.717) is 10.6 Å². The summed E-state index contributed by atoms with van der Waals surface area (Å²) in [5.74, 6) is 0. The third-order valence-corrected chi connectivity index (χ3v) is 7.03. The lowest BCUT2D eigenvalue weighted by Gasteiger charge is -2.11. The summed E-state index contributed by atoms with van der Waals surface area (Å²) in [6.45, 7) is 0.245. The van der Waals surface area contributed by atoms with Crippen molar-refractivity contribution in [1.29, 1.82) is 0 Å². The van der Waals surface area contributed by atoms with Crippen LogP contribution in [0.1, 0.15) is 10.4 Å². The number of rotatable bonds is 5. The first kappa shape index (κ1) is 17.2. The molecule has 2 rings (SSSR count). The average molecular weight is 430 g/mol. The highest BCUT2D eigenvalue weighted by Crippen LogP contribution is 2.31. The van der Waals surface area contributed by atoms with Crippen molar-refractivity contribution in [3.63, 3.8) is 0 Å². The number of hydrogen-bond donors (Lipinski definition) is 2. The van der Waals surface area contributed by atoms with Crippen molar-refractivity contribution in [2.75, 3.05) is 0 Å². The van der Waals surface area contributed by atoms with Crippen LogP contribution in [0.25, 0.3) is 0 Å². The van der Waals surface area contributed by atoms with Crippen molar-refractivity contribution in [3.8, 4) is 0 Å². The van der Waals surface area contributed by atoms with Crippen molar-refractivity contribution in [2.24, 2.45) is 5.73 Å². The van der Waals surface area contributed by atoms with E-state index in [9.17, 15) is 8.42 Å². The van der Waals surface area contributed by atoms with Gasteiger partial charge in [0.25, 0.3) is 0 Å². The van der Waals surface area contributed by atoms with Crippen LogP contribution in [-0.4, -0.2) is 8.42 Å². The number of benzene rings is 1. The molecule has 1 heterocycles. The van der Waals surface area contributed by atoms with Gasteiger partial charge in [-0.15, -0.1) is 11.3 Å². The number of nitrogens with one attached hydrogen (secondary N) is 1. The highest BCUT2D eigenvalue weighted by Gasteiger charge is 2.21. The smallest absolute Gasteiger partial charge is 0.242 e. The minimum atomic E-state index is -3.74. The van der Waals surface area contributed by atoms with Gasteiger partial charge in [0.2, 0.25) is 10.0 Å². The van der Waals surface area contributed by atoms with Gasteiger partial charge < -0.3 is 5.73 Å². The molecule has 21 heavy (non-hydrogen) atoms. The molecule has 0 atom stereocenters. The van der Waals surface area contributed by atoms with E-state index in [1.165, 1.54) is 23.5 Å². The third-order valence-electron chi connectivity index (χ3n) is 2.76. The fourth-order valence-corrected chi connectivity index (χ4v) is 5.11. The van der Waals surface area contributed by atoms with Crippen LogP contribution in [0.5, 0.6) is 0 Å². The van der Waals surface area contributed by atoms with E-state index in [2.05, 4.69) is 20.7 Å². The molecule has 0 saturated heterocycles. The molecule has 0 fully saturated rings. The van der Waals surface area contributed by atoms with Gasteiger partial charge >= 0.3 is 0 Å². The molecule has 4 nitrogen and oxygen atoms in total. The zero-order valence-corrected chi connectivity index (χ0v) is 15.3. The molecule has 1 aromatic carbocycles. The molecule has 0 saturated carbocycles. The maximum absolute atomic E-state index is 12.3. The summed E-state index contributed by atoms with van der Waals surface area (Å²) < 4.78 is 28.1. The largest absolute Gasteiger partial charge is 0.326 e. The molecule has 1 aromatic heterocycles. The minimum Gasteiger partial charge on any atom is -0.326 e. The predicted molar refractivity (Wildman–Crippen MR) is 90.4 cm³/mol. The van der Waals surface area contributed by atoms with E-state index >= 15 is 0 Å². The fraction of sp³-hybridized carbons (Fsp3) is 0.167. The lowest BCUT2D eigenvalue weighted by molar-refractivity contribution is 0.581.